The Labute approximate surface area is 101 Å². The van der Waals surface area contributed by atoms with Gasteiger partial charge in [0.15, 0.2) is 0 Å². The fourth-order valence-electron chi connectivity index (χ4n) is 1.23. The van der Waals surface area contributed by atoms with E-state index < -0.39 is 10.0 Å². The van der Waals surface area contributed by atoms with Crippen LogP contribution in [0, 0.1) is 0 Å². The van der Waals surface area contributed by atoms with Gasteiger partial charge in [-0.25, -0.2) is 12.7 Å². The summed E-state index contributed by atoms with van der Waals surface area (Å²) >= 11 is 4.84. The molecule has 4 nitrogen and oxygen atoms in total. The monoisotopic (exact) mass is 258 g/mol. The highest BCUT2D eigenvalue weighted by molar-refractivity contribution is 7.89. The number of hydrogen-bond acceptors (Lipinski definition) is 3. The molecule has 0 heterocycles. The quantitative estimate of drug-likeness (QED) is 0.817. The third-order valence-corrected chi connectivity index (χ3v) is 4.50. The van der Waals surface area contributed by atoms with E-state index in [1.165, 1.54) is 17.4 Å². The molecule has 0 amide bonds. The Kier molecular flexibility index (Phi) is 4.01. The number of sulfonamides is 1. The lowest BCUT2D eigenvalue weighted by molar-refractivity contribution is 0.486. The minimum atomic E-state index is -3.50. The molecule has 0 fully saturated rings. The van der Waals surface area contributed by atoms with E-state index in [9.17, 15) is 8.42 Å². The Morgan fingerprint density at radius 3 is 2.50 bits per heavy atom. The molecular weight excluding hydrogens is 244 g/mol. The van der Waals surface area contributed by atoms with Crippen molar-refractivity contribution in [3.8, 4) is 0 Å². The summed E-state index contributed by atoms with van der Waals surface area (Å²) in [6.45, 7) is 2.16. The summed E-state index contributed by atoms with van der Waals surface area (Å²) in [5.41, 5.74) is 5.89. The average molecular weight is 258 g/mol. The molecule has 0 aliphatic heterocycles. The third-order valence-electron chi connectivity index (χ3n) is 2.29. The average Bonchev–Trinajstić information content (AvgIpc) is 2.27. The van der Waals surface area contributed by atoms with Gasteiger partial charge in [0, 0.05) is 19.2 Å². The second kappa shape index (κ2) is 4.90. The largest absolute Gasteiger partial charge is 0.389 e. The zero-order valence-electron chi connectivity index (χ0n) is 9.17. The van der Waals surface area contributed by atoms with E-state index in [1.807, 2.05) is 0 Å². The Hall–Kier alpha value is -0.980. The Bertz CT molecular complexity index is 497. The molecule has 0 unspecified atom stereocenters. The van der Waals surface area contributed by atoms with Gasteiger partial charge in [-0.05, 0) is 6.07 Å². The van der Waals surface area contributed by atoms with Gasteiger partial charge in [0.05, 0.1) is 4.90 Å². The highest BCUT2D eigenvalue weighted by atomic mass is 32.2. The van der Waals surface area contributed by atoms with E-state index in [0.717, 1.165) is 0 Å². The maximum absolute atomic E-state index is 12.1. The van der Waals surface area contributed by atoms with Crippen molar-refractivity contribution in [1.29, 1.82) is 0 Å². The lowest BCUT2D eigenvalue weighted by Gasteiger charge is -2.16. The van der Waals surface area contributed by atoms with Crippen LogP contribution in [0.15, 0.2) is 29.2 Å². The van der Waals surface area contributed by atoms with Crippen molar-refractivity contribution < 1.29 is 8.42 Å². The predicted molar refractivity (Wildman–Crippen MR) is 67.8 cm³/mol. The summed E-state index contributed by atoms with van der Waals surface area (Å²) in [7, 11) is -1.98. The number of benzene rings is 1. The van der Waals surface area contributed by atoms with Gasteiger partial charge in [-0.15, -0.1) is 0 Å². The van der Waals surface area contributed by atoms with E-state index in [4.69, 9.17) is 18.0 Å². The first-order valence-corrected chi connectivity index (χ1v) is 6.61. The van der Waals surface area contributed by atoms with Crippen LogP contribution >= 0.6 is 12.2 Å². The maximum Gasteiger partial charge on any atom is 0.243 e. The van der Waals surface area contributed by atoms with E-state index in [2.05, 4.69) is 0 Å². The molecule has 0 bridgehead atoms. The zero-order chi connectivity index (χ0) is 12.3. The molecule has 16 heavy (non-hydrogen) atoms. The number of rotatable bonds is 4. The molecule has 88 valence electrons. The van der Waals surface area contributed by atoms with E-state index in [1.54, 1.807) is 25.1 Å². The molecule has 2 N–H and O–H groups in total. The Balaban J connectivity index is 3.39. The minimum Gasteiger partial charge on any atom is -0.389 e. The molecule has 0 aromatic heterocycles. The summed E-state index contributed by atoms with van der Waals surface area (Å²) in [4.78, 5) is 0.246. The number of hydrogen-bond donors (Lipinski definition) is 1. The summed E-state index contributed by atoms with van der Waals surface area (Å²) in [5.74, 6) is 0. The second-order valence-electron chi connectivity index (χ2n) is 3.28. The second-order valence-corrected chi connectivity index (χ2v) is 5.73. The molecule has 0 radical (unpaired) electrons. The minimum absolute atomic E-state index is 0.0867. The van der Waals surface area contributed by atoms with Crippen molar-refractivity contribution in [2.24, 2.45) is 5.73 Å². The van der Waals surface area contributed by atoms with Crippen molar-refractivity contribution in [1.82, 2.24) is 4.31 Å². The lowest BCUT2D eigenvalue weighted by Crippen LogP contribution is -2.28. The fourth-order valence-corrected chi connectivity index (χ4v) is 2.86. The summed E-state index contributed by atoms with van der Waals surface area (Å²) in [5, 5.41) is 0. The van der Waals surface area contributed by atoms with Crippen molar-refractivity contribution in [3.05, 3.63) is 29.8 Å². The molecule has 0 saturated carbocycles. The van der Waals surface area contributed by atoms with E-state index in [-0.39, 0.29) is 9.88 Å². The van der Waals surface area contributed by atoms with Crippen LogP contribution in [0.3, 0.4) is 0 Å². The van der Waals surface area contributed by atoms with Crippen LogP contribution in [-0.4, -0.2) is 31.3 Å². The maximum atomic E-state index is 12.1. The number of thiocarbonyl (C=S) groups is 1. The first-order valence-electron chi connectivity index (χ1n) is 4.76. The van der Waals surface area contributed by atoms with Crippen molar-refractivity contribution in [3.63, 3.8) is 0 Å². The molecule has 1 aromatic carbocycles. The van der Waals surface area contributed by atoms with Crippen LogP contribution in [0.2, 0.25) is 0 Å². The first kappa shape index (κ1) is 13.1. The van der Waals surface area contributed by atoms with E-state index >= 15 is 0 Å². The first-order chi connectivity index (χ1) is 7.41. The van der Waals surface area contributed by atoms with Gasteiger partial charge < -0.3 is 5.73 Å². The molecule has 0 spiro atoms. The van der Waals surface area contributed by atoms with Gasteiger partial charge in [0.25, 0.3) is 0 Å². The van der Waals surface area contributed by atoms with Gasteiger partial charge in [-0.1, -0.05) is 37.3 Å². The van der Waals surface area contributed by atoms with Gasteiger partial charge in [-0.2, -0.15) is 0 Å². The van der Waals surface area contributed by atoms with Crippen LogP contribution < -0.4 is 5.73 Å². The highest BCUT2D eigenvalue weighted by Crippen LogP contribution is 2.18. The summed E-state index contributed by atoms with van der Waals surface area (Å²) in [6, 6.07) is 6.48. The predicted octanol–water partition coefficient (Wildman–Crippen LogP) is 0.961. The third kappa shape index (κ3) is 2.40. The van der Waals surface area contributed by atoms with E-state index in [0.29, 0.717) is 12.1 Å². The molecule has 0 saturated heterocycles. The van der Waals surface area contributed by atoms with Crippen molar-refractivity contribution in [2.75, 3.05) is 13.6 Å². The van der Waals surface area contributed by atoms with Gasteiger partial charge in [0.2, 0.25) is 10.0 Å². The Morgan fingerprint density at radius 1 is 1.44 bits per heavy atom. The van der Waals surface area contributed by atoms with Crippen LogP contribution in [0.4, 0.5) is 0 Å². The molecule has 0 aliphatic rings. The van der Waals surface area contributed by atoms with Crippen LogP contribution in [-0.2, 0) is 10.0 Å². The number of nitrogens with two attached hydrogens (primary N) is 1. The highest BCUT2D eigenvalue weighted by Gasteiger charge is 2.22. The fraction of sp³-hybridized carbons (Fsp3) is 0.300. The van der Waals surface area contributed by atoms with Crippen LogP contribution in [0.25, 0.3) is 0 Å². The molecule has 0 atom stereocenters. The Morgan fingerprint density at radius 2 is 2.00 bits per heavy atom. The SMILES string of the molecule is CCN(C)S(=O)(=O)c1ccccc1C(N)=S. The van der Waals surface area contributed by atoms with Crippen LogP contribution in [0.5, 0.6) is 0 Å². The topological polar surface area (TPSA) is 63.4 Å². The molecular formula is C10H14N2O2S2. The number of nitrogens with zero attached hydrogens (tertiary/aromatic N) is 1. The summed E-state index contributed by atoms with van der Waals surface area (Å²) in [6.07, 6.45) is 0. The lowest BCUT2D eigenvalue weighted by atomic mass is 10.2. The standard InChI is InChI=1S/C10H14N2O2S2/c1-3-12(2)16(13,14)9-7-5-4-6-8(9)10(11)15/h4-7H,3H2,1-2H3,(H2,11,15). The molecule has 6 heteroatoms. The molecule has 1 rings (SSSR count). The van der Waals surface area contributed by atoms with Crippen molar-refractivity contribution >= 4 is 27.2 Å². The smallest absolute Gasteiger partial charge is 0.243 e. The van der Waals surface area contributed by atoms with Gasteiger partial charge in [0.1, 0.15) is 4.99 Å². The van der Waals surface area contributed by atoms with Crippen LogP contribution in [0.1, 0.15) is 12.5 Å². The molecule has 1 aromatic rings. The normalized spacial score (nSPS) is 11.7. The zero-order valence-corrected chi connectivity index (χ0v) is 10.8. The summed E-state index contributed by atoms with van der Waals surface area (Å²) < 4.78 is 25.5. The van der Waals surface area contributed by atoms with Gasteiger partial charge >= 0.3 is 0 Å². The molecule has 0 aliphatic carbocycles. The van der Waals surface area contributed by atoms with Gasteiger partial charge in [-0.3, -0.25) is 0 Å². The van der Waals surface area contributed by atoms with Crippen molar-refractivity contribution in [2.45, 2.75) is 11.8 Å².